The number of rotatable bonds is 9. The SMILES string of the molecule is CCn1c(COc2ccccc2OC)nnc1SCC(=O)Nc1cc(Cl)ccc1Cl. The second-order valence-corrected chi connectivity index (χ2v) is 7.83. The third-order valence-electron chi connectivity index (χ3n) is 4.07. The van der Waals surface area contributed by atoms with E-state index in [1.807, 2.05) is 35.8 Å². The third-order valence-corrected chi connectivity index (χ3v) is 5.60. The molecule has 1 aromatic heterocycles. The Labute approximate surface area is 188 Å². The number of carbonyl (C=O) groups excluding carboxylic acids is 1. The van der Waals surface area contributed by atoms with E-state index < -0.39 is 0 Å². The van der Waals surface area contributed by atoms with Gasteiger partial charge in [0, 0.05) is 11.6 Å². The van der Waals surface area contributed by atoms with Crippen molar-refractivity contribution in [3.8, 4) is 11.5 Å². The minimum Gasteiger partial charge on any atom is -0.493 e. The molecule has 0 fully saturated rings. The van der Waals surface area contributed by atoms with E-state index in [0.29, 0.717) is 44.8 Å². The van der Waals surface area contributed by atoms with Gasteiger partial charge in [0.25, 0.3) is 0 Å². The topological polar surface area (TPSA) is 78.3 Å². The van der Waals surface area contributed by atoms with Crippen molar-refractivity contribution in [1.82, 2.24) is 14.8 Å². The Bertz CT molecular complexity index is 1030. The van der Waals surface area contributed by atoms with Crippen LogP contribution in [0, 0.1) is 0 Å². The number of anilines is 1. The fourth-order valence-corrected chi connectivity index (χ4v) is 3.80. The molecule has 158 valence electrons. The molecule has 0 aliphatic carbocycles. The smallest absolute Gasteiger partial charge is 0.234 e. The predicted molar refractivity (Wildman–Crippen MR) is 119 cm³/mol. The van der Waals surface area contributed by atoms with Crippen LogP contribution in [-0.2, 0) is 17.9 Å². The molecule has 0 aliphatic rings. The summed E-state index contributed by atoms with van der Waals surface area (Å²) in [7, 11) is 1.59. The highest BCUT2D eigenvalue weighted by atomic mass is 35.5. The molecule has 7 nitrogen and oxygen atoms in total. The molecule has 0 saturated heterocycles. The molecule has 0 radical (unpaired) electrons. The first kappa shape index (κ1) is 22.3. The van der Waals surface area contributed by atoms with Crippen molar-refractivity contribution in [3.63, 3.8) is 0 Å². The molecule has 3 aromatic rings. The quantitative estimate of drug-likeness (QED) is 0.450. The maximum Gasteiger partial charge on any atom is 0.234 e. The predicted octanol–water partition coefficient (Wildman–Crippen LogP) is 4.92. The number of nitrogens with one attached hydrogen (secondary N) is 1. The van der Waals surface area contributed by atoms with Crippen molar-refractivity contribution >= 4 is 46.6 Å². The van der Waals surface area contributed by atoms with Gasteiger partial charge in [0.1, 0.15) is 6.61 Å². The van der Waals surface area contributed by atoms with Crippen LogP contribution < -0.4 is 14.8 Å². The molecule has 10 heteroatoms. The lowest BCUT2D eigenvalue weighted by molar-refractivity contribution is -0.113. The second kappa shape index (κ2) is 10.6. The molecular formula is C20H20Cl2N4O3S. The summed E-state index contributed by atoms with van der Waals surface area (Å²) in [4.78, 5) is 12.3. The van der Waals surface area contributed by atoms with E-state index in [9.17, 15) is 4.79 Å². The third kappa shape index (κ3) is 5.59. The van der Waals surface area contributed by atoms with Crippen molar-refractivity contribution in [1.29, 1.82) is 0 Å². The van der Waals surface area contributed by atoms with Crippen molar-refractivity contribution in [3.05, 3.63) is 58.3 Å². The van der Waals surface area contributed by atoms with Crippen LogP contribution in [0.25, 0.3) is 0 Å². The standard InChI is InChI=1S/C20H20Cl2N4O3S/c1-3-26-18(11-29-17-7-5-4-6-16(17)28-2)24-25-20(26)30-12-19(27)23-15-10-13(21)8-9-14(15)22/h4-10H,3,11-12H2,1-2H3,(H,23,27). The van der Waals surface area contributed by atoms with Crippen LogP contribution in [0.1, 0.15) is 12.7 Å². The van der Waals surface area contributed by atoms with E-state index in [2.05, 4.69) is 15.5 Å². The zero-order chi connectivity index (χ0) is 21.5. The summed E-state index contributed by atoms with van der Waals surface area (Å²) in [5.74, 6) is 1.85. The average Bonchev–Trinajstić information content (AvgIpc) is 3.15. The van der Waals surface area contributed by atoms with Gasteiger partial charge in [-0.2, -0.15) is 0 Å². The van der Waals surface area contributed by atoms with Crippen LogP contribution in [0.4, 0.5) is 5.69 Å². The number of carbonyl (C=O) groups is 1. The lowest BCUT2D eigenvalue weighted by Gasteiger charge is -2.11. The molecule has 0 atom stereocenters. The summed E-state index contributed by atoms with van der Waals surface area (Å²) in [6, 6.07) is 12.3. The molecular weight excluding hydrogens is 447 g/mol. The highest BCUT2D eigenvalue weighted by Gasteiger charge is 2.15. The van der Waals surface area contributed by atoms with Gasteiger partial charge in [-0.25, -0.2) is 0 Å². The molecule has 1 N–H and O–H groups in total. The highest BCUT2D eigenvalue weighted by Crippen LogP contribution is 2.28. The van der Waals surface area contributed by atoms with E-state index in [0.717, 1.165) is 0 Å². The highest BCUT2D eigenvalue weighted by molar-refractivity contribution is 7.99. The lowest BCUT2D eigenvalue weighted by atomic mass is 10.3. The van der Waals surface area contributed by atoms with Gasteiger partial charge < -0.3 is 19.4 Å². The number of amides is 1. The van der Waals surface area contributed by atoms with Crippen molar-refractivity contribution in [2.24, 2.45) is 0 Å². The minimum absolute atomic E-state index is 0.147. The summed E-state index contributed by atoms with van der Waals surface area (Å²) >= 11 is 13.3. The van der Waals surface area contributed by atoms with E-state index in [4.69, 9.17) is 32.7 Å². The number of aromatic nitrogens is 3. The van der Waals surface area contributed by atoms with Crippen molar-refractivity contribution in [2.45, 2.75) is 25.2 Å². The van der Waals surface area contributed by atoms with Gasteiger partial charge in [0.05, 0.1) is 23.6 Å². The molecule has 0 bridgehead atoms. The van der Waals surface area contributed by atoms with Gasteiger partial charge in [-0.3, -0.25) is 4.79 Å². The van der Waals surface area contributed by atoms with E-state index >= 15 is 0 Å². The molecule has 3 rings (SSSR count). The fourth-order valence-electron chi connectivity index (χ4n) is 2.64. The Kier molecular flexibility index (Phi) is 7.84. The number of ether oxygens (including phenoxy) is 2. The van der Waals surface area contributed by atoms with Crippen LogP contribution in [0.15, 0.2) is 47.6 Å². The van der Waals surface area contributed by atoms with Crippen molar-refractivity contribution in [2.75, 3.05) is 18.2 Å². The first-order chi connectivity index (χ1) is 14.5. The molecule has 0 unspecified atom stereocenters. The molecule has 0 aliphatic heterocycles. The number of halogens is 2. The molecule has 0 saturated carbocycles. The number of benzene rings is 2. The van der Waals surface area contributed by atoms with Crippen LogP contribution in [0.2, 0.25) is 10.0 Å². The Morgan fingerprint density at radius 2 is 1.93 bits per heavy atom. The second-order valence-electron chi connectivity index (χ2n) is 6.04. The van der Waals surface area contributed by atoms with Crippen molar-refractivity contribution < 1.29 is 14.3 Å². The summed E-state index contributed by atoms with van der Waals surface area (Å²) in [5.41, 5.74) is 0.470. The van der Waals surface area contributed by atoms with Crippen LogP contribution >= 0.6 is 35.0 Å². The zero-order valence-corrected chi connectivity index (χ0v) is 18.7. The minimum atomic E-state index is -0.221. The number of hydrogen-bond donors (Lipinski definition) is 1. The van der Waals surface area contributed by atoms with Gasteiger partial charge >= 0.3 is 0 Å². The normalized spacial score (nSPS) is 10.7. The van der Waals surface area contributed by atoms with Gasteiger partial charge in [-0.1, -0.05) is 47.1 Å². The molecule has 2 aromatic carbocycles. The Balaban J connectivity index is 1.61. The number of para-hydroxylation sites is 2. The fraction of sp³-hybridized carbons (Fsp3) is 0.250. The number of nitrogens with zero attached hydrogens (tertiary/aromatic N) is 3. The molecule has 1 amide bonds. The van der Waals surface area contributed by atoms with Gasteiger partial charge in [-0.15, -0.1) is 10.2 Å². The number of hydrogen-bond acceptors (Lipinski definition) is 6. The first-order valence-electron chi connectivity index (χ1n) is 9.07. The van der Waals surface area contributed by atoms with E-state index in [-0.39, 0.29) is 18.3 Å². The molecule has 0 spiro atoms. The summed E-state index contributed by atoms with van der Waals surface area (Å²) in [5, 5.41) is 12.7. The first-order valence-corrected chi connectivity index (χ1v) is 10.8. The average molecular weight is 467 g/mol. The summed E-state index contributed by atoms with van der Waals surface area (Å²) < 4.78 is 13.0. The van der Waals surface area contributed by atoms with Gasteiger partial charge in [0.2, 0.25) is 5.91 Å². The number of thioether (sulfide) groups is 1. The Hall–Kier alpha value is -2.42. The number of methoxy groups -OCH3 is 1. The van der Waals surface area contributed by atoms with Crippen LogP contribution in [-0.4, -0.2) is 33.5 Å². The summed E-state index contributed by atoms with van der Waals surface area (Å²) in [6.07, 6.45) is 0. The van der Waals surface area contributed by atoms with E-state index in [1.165, 1.54) is 11.8 Å². The zero-order valence-electron chi connectivity index (χ0n) is 16.4. The van der Waals surface area contributed by atoms with Crippen LogP contribution in [0.3, 0.4) is 0 Å². The van der Waals surface area contributed by atoms with Gasteiger partial charge in [-0.05, 0) is 37.3 Å². The van der Waals surface area contributed by atoms with E-state index in [1.54, 1.807) is 25.3 Å². The largest absolute Gasteiger partial charge is 0.493 e. The van der Waals surface area contributed by atoms with Crippen LogP contribution in [0.5, 0.6) is 11.5 Å². The molecule has 30 heavy (non-hydrogen) atoms. The lowest BCUT2D eigenvalue weighted by Crippen LogP contribution is -2.15. The maximum absolute atomic E-state index is 12.3. The summed E-state index contributed by atoms with van der Waals surface area (Å²) in [6.45, 7) is 2.85. The Morgan fingerprint density at radius 1 is 1.17 bits per heavy atom. The van der Waals surface area contributed by atoms with Gasteiger partial charge in [0.15, 0.2) is 22.5 Å². The molecule has 1 heterocycles. The Morgan fingerprint density at radius 3 is 2.67 bits per heavy atom. The maximum atomic E-state index is 12.3. The monoisotopic (exact) mass is 466 g/mol.